The molecule has 0 radical (unpaired) electrons. The Kier molecular flexibility index (Phi) is 7.39. The molecule has 0 unspecified atom stereocenters. The summed E-state index contributed by atoms with van der Waals surface area (Å²) in [5.41, 5.74) is -0.577. The fourth-order valence-electron chi connectivity index (χ4n) is 2.10. The second-order valence-corrected chi connectivity index (χ2v) is 5.19. The average Bonchev–Trinajstić information content (AvgIpc) is 2.25. The molecule has 0 amide bonds. The molecule has 0 fully saturated rings. The van der Waals surface area contributed by atoms with Crippen LogP contribution in [0.5, 0.6) is 0 Å². The second kappa shape index (κ2) is 7.67. The molecule has 17 heavy (non-hydrogen) atoms. The zero-order valence-electron chi connectivity index (χ0n) is 12.0. The highest BCUT2D eigenvalue weighted by Crippen LogP contribution is 2.27. The molecule has 0 aliphatic rings. The molecule has 0 aliphatic heterocycles. The summed E-state index contributed by atoms with van der Waals surface area (Å²) in [6.45, 7) is 6.56. The normalized spacial score (nSPS) is 12.4. The zero-order valence-corrected chi connectivity index (χ0v) is 12.0. The third-order valence-corrected chi connectivity index (χ3v) is 3.52. The summed E-state index contributed by atoms with van der Waals surface area (Å²) in [6.07, 6.45) is 2.46. The number of aliphatic carboxylic acids is 1. The van der Waals surface area contributed by atoms with Gasteiger partial charge in [-0.15, -0.1) is 0 Å². The van der Waals surface area contributed by atoms with Gasteiger partial charge in [-0.2, -0.15) is 0 Å². The van der Waals surface area contributed by atoms with Gasteiger partial charge >= 0.3 is 5.97 Å². The smallest absolute Gasteiger partial charge is 0.310 e. The number of hydrogen-bond acceptors (Lipinski definition) is 3. The van der Waals surface area contributed by atoms with E-state index in [2.05, 4.69) is 23.9 Å². The van der Waals surface area contributed by atoms with Crippen molar-refractivity contribution in [2.45, 2.75) is 33.1 Å². The summed E-state index contributed by atoms with van der Waals surface area (Å²) in [6, 6.07) is 0. The van der Waals surface area contributed by atoms with Crippen molar-refractivity contribution in [3.63, 3.8) is 0 Å². The van der Waals surface area contributed by atoms with Gasteiger partial charge in [-0.05, 0) is 53.5 Å². The highest BCUT2D eigenvalue weighted by Gasteiger charge is 2.35. The van der Waals surface area contributed by atoms with Gasteiger partial charge in [0.2, 0.25) is 0 Å². The first-order valence-corrected chi connectivity index (χ1v) is 6.44. The summed E-state index contributed by atoms with van der Waals surface area (Å²) in [4.78, 5) is 15.7. The van der Waals surface area contributed by atoms with Crippen LogP contribution in [0.3, 0.4) is 0 Å². The van der Waals surface area contributed by atoms with Crippen molar-refractivity contribution in [1.29, 1.82) is 0 Å². The van der Waals surface area contributed by atoms with Crippen molar-refractivity contribution in [2.24, 2.45) is 5.41 Å². The number of carbonyl (C=O) groups is 1. The predicted molar refractivity (Wildman–Crippen MR) is 71.3 cm³/mol. The van der Waals surface area contributed by atoms with E-state index in [9.17, 15) is 9.90 Å². The lowest BCUT2D eigenvalue weighted by molar-refractivity contribution is -0.150. The molecule has 102 valence electrons. The van der Waals surface area contributed by atoms with Crippen LogP contribution in [-0.4, -0.2) is 61.7 Å². The number of carboxylic acids is 1. The molecule has 0 saturated carbocycles. The summed E-state index contributed by atoms with van der Waals surface area (Å²) in [7, 11) is 6.12. The van der Waals surface area contributed by atoms with E-state index in [4.69, 9.17) is 0 Å². The largest absolute Gasteiger partial charge is 0.481 e. The highest BCUT2D eigenvalue weighted by molar-refractivity contribution is 5.74. The van der Waals surface area contributed by atoms with Crippen LogP contribution >= 0.6 is 0 Å². The Labute approximate surface area is 106 Å². The number of hydrogen-bond donors (Lipinski definition) is 1. The first-order valence-electron chi connectivity index (χ1n) is 6.44. The minimum atomic E-state index is -0.665. The summed E-state index contributed by atoms with van der Waals surface area (Å²) >= 11 is 0. The molecular formula is C13H28N2O2. The Morgan fingerprint density at radius 1 is 1.12 bits per heavy atom. The highest BCUT2D eigenvalue weighted by atomic mass is 16.4. The van der Waals surface area contributed by atoms with Gasteiger partial charge in [0.15, 0.2) is 0 Å². The van der Waals surface area contributed by atoms with Crippen molar-refractivity contribution in [3.8, 4) is 0 Å². The SMILES string of the molecule is CCC(CC)(CN(C)CCCN(C)C)C(=O)O. The van der Waals surface area contributed by atoms with Crippen molar-refractivity contribution in [3.05, 3.63) is 0 Å². The summed E-state index contributed by atoms with van der Waals surface area (Å²) in [5, 5.41) is 9.35. The zero-order chi connectivity index (χ0) is 13.5. The molecule has 4 nitrogen and oxygen atoms in total. The van der Waals surface area contributed by atoms with Crippen LogP contribution in [0.4, 0.5) is 0 Å². The van der Waals surface area contributed by atoms with Crippen molar-refractivity contribution in [1.82, 2.24) is 9.80 Å². The average molecular weight is 244 g/mol. The number of rotatable bonds is 9. The van der Waals surface area contributed by atoms with Crippen LogP contribution in [0.2, 0.25) is 0 Å². The molecule has 0 aromatic heterocycles. The van der Waals surface area contributed by atoms with Gasteiger partial charge in [-0.1, -0.05) is 13.8 Å². The van der Waals surface area contributed by atoms with E-state index in [0.717, 1.165) is 19.5 Å². The predicted octanol–water partition coefficient (Wildman–Crippen LogP) is 1.76. The van der Waals surface area contributed by atoms with Crippen molar-refractivity contribution < 1.29 is 9.90 Å². The van der Waals surface area contributed by atoms with E-state index in [1.165, 1.54) is 0 Å². The van der Waals surface area contributed by atoms with Gasteiger partial charge in [-0.3, -0.25) is 4.79 Å². The van der Waals surface area contributed by atoms with Gasteiger partial charge in [0, 0.05) is 6.54 Å². The maximum Gasteiger partial charge on any atom is 0.310 e. The fraction of sp³-hybridized carbons (Fsp3) is 0.923. The molecule has 0 aromatic carbocycles. The molecule has 0 aromatic rings. The van der Waals surface area contributed by atoms with Gasteiger partial charge in [0.25, 0.3) is 0 Å². The van der Waals surface area contributed by atoms with Crippen LogP contribution in [0.25, 0.3) is 0 Å². The van der Waals surface area contributed by atoms with Crippen LogP contribution in [0.15, 0.2) is 0 Å². The van der Waals surface area contributed by atoms with E-state index in [-0.39, 0.29) is 0 Å². The molecule has 0 saturated heterocycles. The minimum Gasteiger partial charge on any atom is -0.481 e. The minimum absolute atomic E-state index is 0.577. The first-order chi connectivity index (χ1) is 7.88. The number of carboxylic acid groups (broad SMARTS) is 1. The third-order valence-electron chi connectivity index (χ3n) is 3.52. The molecule has 0 rings (SSSR count). The molecule has 0 bridgehead atoms. The lowest BCUT2D eigenvalue weighted by Crippen LogP contribution is -2.41. The molecule has 0 heterocycles. The number of nitrogens with zero attached hydrogens (tertiary/aromatic N) is 2. The molecule has 0 spiro atoms. The standard InChI is InChI=1S/C13H28N2O2/c1-6-13(7-2,12(16)17)11-15(5)10-8-9-14(3)4/h6-11H2,1-5H3,(H,16,17). The quantitative estimate of drug-likeness (QED) is 0.671. The Balaban J connectivity index is 4.22. The van der Waals surface area contributed by atoms with E-state index in [1.807, 2.05) is 20.9 Å². The Hall–Kier alpha value is -0.610. The van der Waals surface area contributed by atoms with Crippen LogP contribution in [-0.2, 0) is 4.79 Å². The van der Waals surface area contributed by atoms with Crippen LogP contribution in [0, 0.1) is 5.41 Å². The molecular weight excluding hydrogens is 216 g/mol. The maximum absolute atomic E-state index is 11.4. The second-order valence-electron chi connectivity index (χ2n) is 5.19. The van der Waals surface area contributed by atoms with Crippen LogP contribution in [0.1, 0.15) is 33.1 Å². The topological polar surface area (TPSA) is 43.8 Å². The summed E-state index contributed by atoms with van der Waals surface area (Å²) < 4.78 is 0. The lowest BCUT2D eigenvalue weighted by Gasteiger charge is -2.31. The first kappa shape index (κ1) is 16.4. The van der Waals surface area contributed by atoms with Gasteiger partial charge in [0.05, 0.1) is 5.41 Å². The lowest BCUT2D eigenvalue weighted by atomic mass is 9.82. The van der Waals surface area contributed by atoms with E-state index in [0.29, 0.717) is 19.4 Å². The Bertz CT molecular complexity index is 225. The molecule has 1 N–H and O–H groups in total. The van der Waals surface area contributed by atoms with E-state index < -0.39 is 11.4 Å². The summed E-state index contributed by atoms with van der Waals surface area (Å²) in [5.74, 6) is -0.665. The maximum atomic E-state index is 11.4. The molecule has 0 atom stereocenters. The molecule has 0 aliphatic carbocycles. The van der Waals surface area contributed by atoms with Gasteiger partial charge in [-0.25, -0.2) is 0 Å². The van der Waals surface area contributed by atoms with Gasteiger partial charge < -0.3 is 14.9 Å². The van der Waals surface area contributed by atoms with Gasteiger partial charge in [0.1, 0.15) is 0 Å². The third kappa shape index (κ3) is 5.50. The van der Waals surface area contributed by atoms with Crippen LogP contribution < -0.4 is 0 Å². The monoisotopic (exact) mass is 244 g/mol. The Morgan fingerprint density at radius 3 is 2.00 bits per heavy atom. The van der Waals surface area contributed by atoms with E-state index >= 15 is 0 Å². The van der Waals surface area contributed by atoms with Crippen molar-refractivity contribution >= 4 is 5.97 Å². The fourth-order valence-corrected chi connectivity index (χ4v) is 2.10. The van der Waals surface area contributed by atoms with Crippen molar-refractivity contribution in [2.75, 3.05) is 40.8 Å². The molecule has 4 heteroatoms. The Morgan fingerprint density at radius 2 is 1.65 bits per heavy atom. The van der Waals surface area contributed by atoms with E-state index in [1.54, 1.807) is 0 Å².